The lowest BCUT2D eigenvalue weighted by atomic mass is 9.65. The van der Waals surface area contributed by atoms with Gasteiger partial charge in [-0.3, -0.25) is 0 Å². The third-order valence-corrected chi connectivity index (χ3v) is 3.27. The van der Waals surface area contributed by atoms with Crippen LogP contribution in [0.25, 0.3) is 0 Å². The van der Waals surface area contributed by atoms with Crippen LogP contribution in [0.5, 0.6) is 0 Å². The molecule has 0 bridgehead atoms. The van der Waals surface area contributed by atoms with Crippen LogP contribution in [-0.4, -0.2) is 18.8 Å². The smallest absolute Gasteiger partial charge is 0.0655 e. The van der Waals surface area contributed by atoms with E-state index in [1.54, 1.807) is 0 Å². The summed E-state index contributed by atoms with van der Waals surface area (Å²) in [6.07, 6.45) is 2.58. The number of nitrogens with two attached hydrogens (primary N) is 1. The molecule has 1 saturated carbocycles. The van der Waals surface area contributed by atoms with Crippen LogP contribution >= 0.6 is 0 Å². The van der Waals surface area contributed by atoms with Crippen LogP contribution in [0, 0.1) is 11.3 Å². The van der Waals surface area contributed by atoms with Gasteiger partial charge in [-0.25, -0.2) is 0 Å². The van der Waals surface area contributed by atoms with Crippen molar-refractivity contribution < 1.29 is 4.74 Å². The van der Waals surface area contributed by atoms with E-state index in [1.807, 2.05) is 0 Å². The van der Waals surface area contributed by atoms with Gasteiger partial charge in [-0.15, -0.1) is 0 Å². The van der Waals surface area contributed by atoms with Crippen LogP contribution in [0.15, 0.2) is 0 Å². The third kappa shape index (κ3) is 2.44. The van der Waals surface area contributed by atoms with Gasteiger partial charge in [-0.1, -0.05) is 27.7 Å². The van der Waals surface area contributed by atoms with Gasteiger partial charge >= 0.3 is 0 Å². The fourth-order valence-corrected chi connectivity index (χ4v) is 1.65. The molecular weight excluding hydrogens is 162 g/mol. The molecular formula is C11H23NO. The van der Waals surface area contributed by atoms with E-state index in [-0.39, 0.29) is 5.41 Å². The summed E-state index contributed by atoms with van der Waals surface area (Å²) in [6, 6.07) is 0.330. The molecule has 1 aliphatic rings. The SMILES string of the molecule is CC(C)CCOC1CC(N)C1(C)C. The first-order valence-corrected chi connectivity index (χ1v) is 5.31. The molecule has 0 spiro atoms. The molecule has 0 heterocycles. The summed E-state index contributed by atoms with van der Waals surface area (Å²) in [5.41, 5.74) is 6.09. The maximum absolute atomic E-state index is 5.90. The lowest BCUT2D eigenvalue weighted by Crippen LogP contribution is -2.59. The van der Waals surface area contributed by atoms with E-state index in [0.717, 1.165) is 25.4 Å². The highest BCUT2D eigenvalue weighted by Gasteiger charge is 2.46. The van der Waals surface area contributed by atoms with Gasteiger partial charge in [0.2, 0.25) is 0 Å². The molecule has 2 nitrogen and oxygen atoms in total. The number of rotatable bonds is 4. The summed E-state index contributed by atoms with van der Waals surface area (Å²) >= 11 is 0. The Morgan fingerprint density at radius 2 is 2.08 bits per heavy atom. The maximum atomic E-state index is 5.90. The average molecular weight is 185 g/mol. The van der Waals surface area contributed by atoms with Crippen molar-refractivity contribution in [3.05, 3.63) is 0 Å². The zero-order valence-electron chi connectivity index (χ0n) is 9.34. The molecule has 0 aromatic carbocycles. The Labute approximate surface area is 81.8 Å². The standard InChI is InChI=1S/C11H23NO/c1-8(2)5-6-13-10-7-9(12)11(10,3)4/h8-10H,5-7,12H2,1-4H3. The van der Waals surface area contributed by atoms with Crippen molar-refractivity contribution >= 4 is 0 Å². The van der Waals surface area contributed by atoms with Crippen molar-refractivity contribution in [2.75, 3.05) is 6.61 Å². The Morgan fingerprint density at radius 1 is 1.46 bits per heavy atom. The average Bonchev–Trinajstić information content (AvgIpc) is 2.02. The van der Waals surface area contributed by atoms with Crippen molar-refractivity contribution in [1.82, 2.24) is 0 Å². The summed E-state index contributed by atoms with van der Waals surface area (Å²) in [5.74, 6) is 0.733. The van der Waals surface area contributed by atoms with Crippen LogP contribution in [0.4, 0.5) is 0 Å². The molecule has 2 unspecified atom stereocenters. The molecule has 0 amide bonds. The van der Waals surface area contributed by atoms with E-state index in [1.165, 1.54) is 0 Å². The van der Waals surface area contributed by atoms with Gasteiger partial charge in [0.15, 0.2) is 0 Å². The summed E-state index contributed by atoms with van der Waals surface area (Å²) < 4.78 is 5.79. The van der Waals surface area contributed by atoms with Crippen molar-refractivity contribution in [3.8, 4) is 0 Å². The van der Waals surface area contributed by atoms with E-state index in [0.29, 0.717) is 12.1 Å². The molecule has 0 aromatic heterocycles. The number of ether oxygens (including phenoxy) is 1. The molecule has 2 heteroatoms. The van der Waals surface area contributed by atoms with E-state index < -0.39 is 0 Å². The predicted molar refractivity (Wildman–Crippen MR) is 55.6 cm³/mol. The molecule has 0 saturated heterocycles. The van der Waals surface area contributed by atoms with Gasteiger partial charge in [0.05, 0.1) is 6.10 Å². The van der Waals surface area contributed by atoms with E-state index in [9.17, 15) is 0 Å². The van der Waals surface area contributed by atoms with Crippen molar-refractivity contribution in [3.63, 3.8) is 0 Å². The molecule has 1 fully saturated rings. The Hall–Kier alpha value is -0.0800. The molecule has 0 aromatic rings. The molecule has 1 aliphatic carbocycles. The molecule has 2 atom stereocenters. The molecule has 2 N–H and O–H groups in total. The Bertz CT molecular complexity index is 165. The second-order valence-electron chi connectivity index (χ2n) is 5.21. The quantitative estimate of drug-likeness (QED) is 0.728. The van der Waals surface area contributed by atoms with Gasteiger partial charge in [-0.2, -0.15) is 0 Å². The van der Waals surface area contributed by atoms with Crippen LogP contribution in [0.3, 0.4) is 0 Å². The zero-order valence-corrected chi connectivity index (χ0v) is 9.34. The lowest BCUT2D eigenvalue weighted by Gasteiger charge is -2.49. The molecule has 1 rings (SSSR count). The van der Waals surface area contributed by atoms with Gasteiger partial charge < -0.3 is 10.5 Å². The molecule has 13 heavy (non-hydrogen) atoms. The second-order valence-corrected chi connectivity index (χ2v) is 5.21. The highest BCUT2D eigenvalue weighted by molar-refractivity contribution is 5.00. The van der Waals surface area contributed by atoms with Crippen LogP contribution in [0.1, 0.15) is 40.5 Å². The minimum absolute atomic E-state index is 0.191. The zero-order chi connectivity index (χ0) is 10.1. The monoisotopic (exact) mass is 185 g/mol. The first kappa shape index (κ1) is 11.0. The minimum atomic E-state index is 0.191. The largest absolute Gasteiger partial charge is 0.378 e. The second kappa shape index (κ2) is 3.97. The Kier molecular flexibility index (Phi) is 3.36. The van der Waals surface area contributed by atoms with E-state index in [2.05, 4.69) is 27.7 Å². The maximum Gasteiger partial charge on any atom is 0.0655 e. The first-order chi connectivity index (χ1) is 5.94. The summed E-state index contributed by atoms with van der Waals surface area (Å²) in [5, 5.41) is 0. The van der Waals surface area contributed by atoms with Crippen LogP contribution < -0.4 is 5.73 Å². The number of hydrogen-bond donors (Lipinski definition) is 1. The highest BCUT2D eigenvalue weighted by atomic mass is 16.5. The number of hydrogen-bond acceptors (Lipinski definition) is 2. The van der Waals surface area contributed by atoms with Crippen molar-refractivity contribution in [1.29, 1.82) is 0 Å². The predicted octanol–water partition coefficient (Wildman–Crippen LogP) is 2.17. The van der Waals surface area contributed by atoms with Crippen molar-refractivity contribution in [2.45, 2.75) is 52.7 Å². The normalized spacial score (nSPS) is 31.8. The van der Waals surface area contributed by atoms with Gasteiger partial charge in [-0.05, 0) is 18.8 Å². The summed E-state index contributed by atoms with van der Waals surface area (Å²) in [4.78, 5) is 0. The van der Waals surface area contributed by atoms with Crippen LogP contribution in [-0.2, 0) is 4.74 Å². The Morgan fingerprint density at radius 3 is 2.46 bits per heavy atom. The molecule has 0 radical (unpaired) electrons. The van der Waals surface area contributed by atoms with E-state index in [4.69, 9.17) is 10.5 Å². The van der Waals surface area contributed by atoms with Gasteiger partial charge in [0, 0.05) is 18.1 Å². The fraction of sp³-hybridized carbons (Fsp3) is 1.00. The fourth-order valence-electron chi connectivity index (χ4n) is 1.65. The molecule has 78 valence electrons. The first-order valence-electron chi connectivity index (χ1n) is 5.31. The van der Waals surface area contributed by atoms with Crippen LogP contribution in [0.2, 0.25) is 0 Å². The van der Waals surface area contributed by atoms with E-state index >= 15 is 0 Å². The lowest BCUT2D eigenvalue weighted by molar-refractivity contribution is -0.109. The summed E-state index contributed by atoms with van der Waals surface area (Å²) in [7, 11) is 0. The third-order valence-electron chi connectivity index (χ3n) is 3.27. The summed E-state index contributed by atoms with van der Waals surface area (Å²) in [6.45, 7) is 9.73. The Balaban J connectivity index is 2.17. The van der Waals surface area contributed by atoms with Crippen molar-refractivity contribution in [2.24, 2.45) is 17.1 Å². The topological polar surface area (TPSA) is 35.2 Å². The molecule has 0 aliphatic heterocycles. The van der Waals surface area contributed by atoms with Gasteiger partial charge in [0.25, 0.3) is 0 Å². The minimum Gasteiger partial charge on any atom is -0.378 e. The van der Waals surface area contributed by atoms with Gasteiger partial charge in [0.1, 0.15) is 0 Å². The highest BCUT2D eigenvalue weighted by Crippen LogP contribution is 2.41.